The Hall–Kier alpha value is -2.87. The third kappa shape index (κ3) is 3.56. The predicted octanol–water partition coefficient (Wildman–Crippen LogP) is 1.75. The Kier molecular flexibility index (Phi) is 4.30. The number of carbonyl (C=O) groups excluding carboxylic acids is 1. The van der Waals surface area contributed by atoms with Gasteiger partial charge in [-0.2, -0.15) is 5.26 Å². The van der Waals surface area contributed by atoms with E-state index in [2.05, 4.69) is 5.32 Å². The minimum Gasteiger partial charge on any atom is -0.326 e. The van der Waals surface area contributed by atoms with Crippen LogP contribution in [0.3, 0.4) is 0 Å². The van der Waals surface area contributed by atoms with Crippen molar-refractivity contribution < 1.29 is 4.79 Å². The van der Waals surface area contributed by atoms with E-state index in [1.165, 1.54) is 10.6 Å². The number of anilines is 1. The Bertz CT molecular complexity index is 713. The van der Waals surface area contributed by atoms with Gasteiger partial charge in [0.25, 0.3) is 5.56 Å². The summed E-state index contributed by atoms with van der Waals surface area (Å²) in [7, 11) is 0. The molecule has 100 valence electrons. The average molecular weight is 267 g/mol. The molecule has 0 saturated heterocycles. The summed E-state index contributed by atoms with van der Waals surface area (Å²) >= 11 is 0. The molecule has 0 aliphatic rings. The zero-order valence-corrected chi connectivity index (χ0v) is 10.7. The van der Waals surface area contributed by atoms with Crippen molar-refractivity contribution >= 4 is 11.6 Å². The number of aromatic nitrogens is 1. The Morgan fingerprint density at radius 1 is 1.25 bits per heavy atom. The second kappa shape index (κ2) is 6.34. The van der Waals surface area contributed by atoms with Crippen LogP contribution in [0.2, 0.25) is 0 Å². The molecule has 0 spiro atoms. The lowest BCUT2D eigenvalue weighted by molar-refractivity contribution is -0.116. The summed E-state index contributed by atoms with van der Waals surface area (Å²) in [6.07, 6.45) is 1.84. The number of nitriles is 1. The Morgan fingerprint density at radius 3 is 2.85 bits per heavy atom. The van der Waals surface area contributed by atoms with Crippen LogP contribution in [-0.2, 0) is 11.3 Å². The van der Waals surface area contributed by atoms with Crippen molar-refractivity contribution in [3.8, 4) is 6.07 Å². The number of rotatable bonds is 4. The SMILES string of the molecule is N#Cc1cccc(NC(=O)CCn2ccccc2=O)c1. The zero-order chi connectivity index (χ0) is 14.4. The van der Waals surface area contributed by atoms with Crippen molar-refractivity contribution in [1.82, 2.24) is 4.57 Å². The number of hydrogen-bond donors (Lipinski definition) is 1. The van der Waals surface area contributed by atoms with Crippen LogP contribution in [0.5, 0.6) is 0 Å². The molecule has 20 heavy (non-hydrogen) atoms. The van der Waals surface area contributed by atoms with Gasteiger partial charge in [-0.05, 0) is 24.3 Å². The lowest BCUT2D eigenvalue weighted by Gasteiger charge is -2.07. The van der Waals surface area contributed by atoms with Crippen LogP contribution in [-0.4, -0.2) is 10.5 Å². The molecule has 0 atom stereocenters. The maximum Gasteiger partial charge on any atom is 0.250 e. The molecule has 0 aliphatic heterocycles. The average Bonchev–Trinajstić information content (AvgIpc) is 2.46. The minimum absolute atomic E-state index is 0.133. The molecular weight excluding hydrogens is 254 g/mol. The molecule has 0 bridgehead atoms. The summed E-state index contributed by atoms with van der Waals surface area (Å²) in [5.41, 5.74) is 0.934. The highest BCUT2D eigenvalue weighted by Crippen LogP contribution is 2.10. The summed E-state index contributed by atoms with van der Waals surface area (Å²) in [5, 5.41) is 11.5. The molecule has 2 aromatic rings. The first-order valence-electron chi connectivity index (χ1n) is 6.14. The molecule has 5 heteroatoms. The molecule has 1 heterocycles. The summed E-state index contributed by atoms with van der Waals surface area (Å²) in [5.74, 6) is -0.198. The quantitative estimate of drug-likeness (QED) is 0.917. The van der Waals surface area contributed by atoms with Crippen LogP contribution < -0.4 is 10.9 Å². The highest BCUT2D eigenvalue weighted by Gasteiger charge is 2.04. The molecule has 0 fully saturated rings. The van der Waals surface area contributed by atoms with E-state index in [1.807, 2.05) is 6.07 Å². The number of nitrogens with one attached hydrogen (secondary N) is 1. The summed E-state index contributed by atoms with van der Waals surface area (Å²) in [4.78, 5) is 23.3. The molecular formula is C15H13N3O2. The molecule has 0 saturated carbocycles. The van der Waals surface area contributed by atoms with Gasteiger partial charge in [0.1, 0.15) is 0 Å². The van der Waals surface area contributed by atoms with E-state index < -0.39 is 0 Å². The number of pyridine rings is 1. The smallest absolute Gasteiger partial charge is 0.250 e. The van der Waals surface area contributed by atoms with Gasteiger partial charge in [0, 0.05) is 30.9 Å². The van der Waals surface area contributed by atoms with Crippen molar-refractivity contribution in [2.75, 3.05) is 5.32 Å². The highest BCUT2D eigenvalue weighted by molar-refractivity contribution is 5.90. The third-order valence-corrected chi connectivity index (χ3v) is 2.75. The summed E-state index contributed by atoms with van der Waals surface area (Å²) in [6, 6.07) is 13.6. The van der Waals surface area contributed by atoms with Crippen LogP contribution in [0.1, 0.15) is 12.0 Å². The lowest BCUT2D eigenvalue weighted by atomic mass is 10.2. The van der Waals surface area contributed by atoms with Crippen molar-refractivity contribution in [3.63, 3.8) is 0 Å². The Balaban J connectivity index is 1.95. The van der Waals surface area contributed by atoms with Crippen LogP contribution in [0, 0.1) is 11.3 Å². The summed E-state index contributed by atoms with van der Waals surface area (Å²) in [6.45, 7) is 0.323. The van der Waals surface area contributed by atoms with Gasteiger partial charge in [0.15, 0.2) is 0 Å². The van der Waals surface area contributed by atoms with Crippen molar-refractivity contribution in [3.05, 3.63) is 64.6 Å². The first-order valence-corrected chi connectivity index (χ1v) is 6.14. The molecule has 5 nitrogen and oxygen atoms in total. The predicted molar refractivity (Wildman–Crippen MR) is 75.1 cm³/mol. The molecule has 2 rings (SSSR count). The van der Waals surface area contributed by atoms with E-state index >= 15 is 0 Å². The first kappa shape index (κ1) is 13.6. The van der Waals surface area contributed by atoms with Gasteiger partial charge in [-0.1, -0.05) is 12.1 Å². The fourth-order valence-electron chi connectivity index (χ4n) is 1.76. The number of aryl methyl sites for hydroxylation is 1. The molecule has 1 aromatic heterocycles. The van der Waals surface area contributed by atoms with Crippen LogP contribution in [0.15, 0.2) is 53.5 Å². The van der Waals surface area contributed by atoms with Gasteiger partial charge < -0.3 is 9.88 Å². The van der Waals surface area contributed by atoms with E-state index in [4.69, 9.17) is 5.26 Å². The van der Waals surface area contributed by atoms with E-state index in [9.17, 15) is 9.59 Å². The highest BCUT2D eigenvalue weighted by atomic mass is 16.1. The molecule has 1 aromatic carbocycles. The second-order valence-corrected chi connectivity index (χ2v) is 4.22. The van der Waals surface area contributed by atoms with Crippen molar-refractivity contribution in [2.24, 2.45) is 0 Å². The van der Waals surface area contributed by atoms with Gasteiger partial charge in [-0.15, -0.1) is 0 Å². The monoisotopic (exact) mass is 267 g/mol. The van der Waals surface area contributed by atoms with Crippen molar-refractivity contribution in [1.29, 1.82) is 5.26 Å². The van der Waals surface area contributed by atoms with E-state index in [0.29, 0.717) is 17.8 Å². The van der Waals surface area contributed by atoms with Crippen LogP contribution >= 0.6 is 0 Å². The zero-order valence-electron chi connectivity index (χ0n) is 10.7. The minimum atomic E-state index is -0.198. The summed E-state index contributed by atoms with van der Waals surface area (Å²) < 4.78 is 1.48. The molecule has 1 N–H and O–H groups in total. The molecule has 0 radical (unpaired) electrons. The maximum absolute atomic E-state index is 11.8. The number of carbonyl (C=O) groups is 1. The largest absolute Gasteiger partial charge is 0.326 e. The second-order valence-electron chi connectivity index (χ2n) is 4.22. The van der Waals surface area contributed by atoms with Crippen LogP contribution in [0.25, 0.3) is 0 Å². The Morgan fingerprint density at radius 2 is 2.10 bits per heavy atom. The van der Waals surface area contributed by atoms with Gasteiger partial charge in [0.2, 0.25) is 5.91 Å². The van der Waals surface area contributed by atoms with Gasteiger partial charge >= 0.3 is 0 Å². The topological polar surface area (TPSA) is 74.9 Å². The normalized spacial score (nSPS) is 9.75. The van der Waals surface area contributed by atoms with E-state index in [-0.39, 0.29) is 17.9 Å². The van der Waals surface area contributed by atoms with Gasteiger partial charge in [-0.25, -0.2) is 0 Å². The number of amides is 1. The fraction of sp³-hybridized carbons (Fsp3) is 0.133. The molecule has 0 unspecified atom stereocenters. The Labute approximate surface area is 116 Å². The standard InChI is InChI=1S/C15H13N3O2/c16-11-12-4-3-5-13(10-12)17-14(19)7-9-18-8-2-1-6-15(18)20/h1-6,8,10H,7,9H2,(H,17,19). The first-order chi connectivity index (χ1) is 9.69. The third-order valence-electron chi connectivity index (χ3n) is 2.75. The molecule has 1 amide bonds. The van der Waals surface area contributed by atoms with E-state index in [0.717, 1.165) is 0 Å². The van der Waals surface area contributed by atoms with Gasteiger partial charge in [-0.3, -0.25) is 9.59 Å². The maximum atomic E-state index is 11.8. The number of benzene rings is 1. The number of nitrogens with zero attached hydrogens (tertiary/aromatic N) is 2. The van der Waals surface area contributed by atoms with Crippen molar-refractivity contribution in [2.45, 2.75) is 13.0 Å². The number of hydrogen-bond acceptors (Lipinski definition) is 3. The van der Waals surface area contributed by atoms with E-state index in [1.54, 1.807) is 42.6 Å². The van der Waals surface area contributed by atoms with Gasteiger partial charge in [0.05, 0.1) is 11.6 Å². The molecule has 0 aliphatic carbocycles. The lowest BCUT2D eigenvalue weighted by Crippen LogP contribution is -2.21. The fourth-order valence-corrected chi connectivity index (χ4v) is 1.76. The van der Waals surface area contributed by atoms with Crippen LogP contribution in [0.4, 0.5) is 5.69 Å².